The maximum absolute atomic E-state index is 13.5. The van der Waals surface area contributed by atoms with Gasteiger partial charge < -0.3 is 20.6 Å². The van der Waals surface area contributed by atoms with Crippen LogP contribution in [0.1, 0.15) is 65.5 Å². The molecule has 0 spiro atoms. The van der Waals surface area contributed by atoms with Crippen molar-refractivity contribution < 1.29 is 14.7 Å². The predicted molar refractivity (Wildman–Crippen MR) is 147 cm³/mol. The normalized spacial score (nSPS) is 19.0. The number of benzene rings is 2. The first kappa shape index (κ1) is 25.9. The van der Waals surface area contributed by atoms with E-state index in [1.54, 1.807) is 35.9 Å². The largest absolute Gasteiger partial charge is 0.478 e. The van der Waals surface area contributed by atoms with E-state index in [1.165, 1.54) is 0 Å². The van der Waals surface area contributed by atoms with Crippen LogP contribution >= 0.6 is 0 Å². The molecule has 2 atom stereocenters. The second kappa shape index (κ2) is 10.6. The summed E-state index contributed by atoms with van der Waals surface area (Å²) in [6, 6.07) is 10.4. The fourth-order valence-corrected chi connectivity index (χ4v) is 5.85. The number of aromatic carboxylic acids is 1. The van der Waals surface area contributed by atoms with Crippen LogP contribution in [0.2, 0.25) is 0 Å². The molecule has 5 rings (SSSR count). The van der Waals surface area contributed by atoms with Crippen LogP contribution in [0.3, 0.4) is 0 Å². The number of anilines is 1. The third-order valence-corrected chi connectivity index (χ3v) is 7.97. The fourth-order valence-electron chi connectivity index (χ4n) is 5.85. The van der Waals surface area contributed by atoms with Gasteiger partial charge in [0.1, 0.15) is 5.82 Å². The molecule has 1 amide bonds. The Morgan fingerprint density at radius 3 is 2.58 bits per heavy atom. The van der Waals surface area contributed by atoms with Crippen molar-refractivity contribution in [1.82, 2.24) is 19.8 Å². The van der Waals surface area contributed by atoms with Crippen LogP contribution in [0, 0.1) is 12.8 Å². The van der Waals surface area contributed by atoms with Crippen molar-refractivity contribution in [3.63, 3.8) is 0 Å². The van der Waals surface area contributed by atoms with E-state index in [2.05, 4.69) is 10.6 Å². The number of nitrogens with zero attached hydrogens (tertiary/aromatic N) is 3. The molecule has 0 aliphatic carbocycles. The van der Waals surface area contributed by atoms with Gasteiger partial charge in [-0.2, -0.15) is 0 Å². The molecule has 1 unspecified atom stereocenters. The average Bonchev–Trinajstić information content (AvgIpc) is 3.45. The molecule has 2 saturated heterocycles. The number of piperidine rings is 1. The zero-order valence-corrected chi connectivity index (χ0v) is 22.2. The zero-order valence-electron chi connectivity index (χ0n) is 22.2. The molecule has 2 aliphatic heterocycles. The number of hydrogen-bond donors (Lipinski definition) is 3. The van der Waals surface area contributed by atoms with Gasteiger partial charge in [0.15, 0.2) is 0 Å². The van der Waals surface area contributed by atoms with Crippen molar-refractivity contribution in [3.05, 3.63) is 69.3 Å². The molecule has 9 nitrogen and oxygen atoms in total. The standard InChI is InChI=1S/C29H35N5O4/c1-17-14-22(18(2)31-24-7-5-4-6-21(24)29(37)38)25-23(15-17)28(36)33(3)26(32-25)19-9-12-34(13-10-19)27(35)20-8-11-30-16-20/h4-7,14-15,18-20,30-31H,8-13,16H2,1-3H3,(H,37,38)/t18-,20?/m1/s1. The first-order valence-corrected chi connectivity index (χ1v) is 13.3. The maximum atomic E-state index is 13.5. The van der Waals surface area contributed by atoms with E-state index in [-0.39, 0.29) is 34.9 Å². The van der Waals surface area contributed by atoms with Gasteiger partial charge >= 0.3 is 5.97 Å². The second-order valence-corrected chi connectivity index (χ2v) is 10.6. The minimum atomic E-state index is -1.00. The van der Waals surface area contributed by atoms with E-state index >= 15 is 0 Å². The van der Waals surface area contributed by atoms with Crippen LogP contribution in [0.25, 0.3) is 10.9 Å². The predicted octanol–water partition coefficient (Wildman–Crippen LogP) is 3.43. The topological polar surface area (TPSA) is 117 Å². The number of aryl methyl sites for hydroxylation is 1. The van der Waals surface area contributed by atoms with Gasteiger partial charge in [0.05, 0.1) is 28.4 Å². The van der Waals surface area contributed by atoms with Gasteiger partial charge in [0, 0.05) is 43.9 Å². The van der Waals surface area contributed by atoms with Crippen LogP contribution in [0.4, 0.5) is 5.69 Å². The lowest BCUT2D eigenvalue weighted by Crippen LogP contribution is -2.42. The fraction of sp³-hybridized carbons (Fsp3) is 0.448. The number of amides is 1. The molecule has 3 heterocycles. The molecule has 0 saturated carbocycles. The van der Waals surface area contributed by atoms with Crippen LogP contribution in [-0.4, -0.2) is 57.6 Å². The van der Waals surface area contributed by atoms with Gasteiger partial charge in [-0.05, 0) is 63.4 Å². The minimum Gasteiger partial charge on any atom is -0.478 e. The van der Waals surface area contributed by atoms with Crippen molar-refractivity contribution in [2.45, 2.75) is 45.1 Å². The lowest BCUT2D eigenvalue weighted by atomic mass is 9.93. The summed E-state index contributed by atoms with van der Waals surface area (Å²) in [6.45, 7) is 6.88. The molecule has 3 aromatic rings. The summed E-state index contributed by atoms with van der Waals surface area (Å²) < 4.78 is 1.66. The molecule has 38 heavy (non-hydrogen) atoms. The Morgan fingerprint density at radius 1 is 1.16 bits per heavy atom. The Balaban J connectivity index is 1.46. The first-order valence-electron chi connectivity index (χ1n) is 13.3. The third-order valence-electron chi connectivity index (χ3n) is 7.97. The van der Waals surface area contributed by atoms with Gasteiger partial charge in [0.2, 0.25) is 5.91 Å². The summed E-state index contributed by atoms with van der Waals surface area (Å²) in [7, 11) is 1.78. The smallest absolute Gasteiger partial charge is 0.337 e. The number of carboxylic acids is 1. The highest BCUT2D eigenvalue weighted by Crippen LogP contribution is 2.31. The SMILES string of the molecule is Cc1cc([C@@H](C)Nc2ccccc2C(=O)O)c2nc(C3CCN(C(=O)C4CCNC4)CC3)n(C)c(=O)c2c1. The molecule has 2 fully saturated rings. The highest BCUT2D eigenvalue weighted by Gasteiger charge is 2.32. The van der Waals surface area contributed by atoms with E-state index in [1.807, 2.05) is 30.9 Å². The Morgan fingerprint density at radius 2 is 1.89 bits per heavy atom. The molecule has 0 bridgehead atoms. The van der Waals surface area contributed by atoms with Gasteiger partial charge in [-0.1, -0.05) is 18.2 Å². The molecule has 3 N–H and O–H groups in total. The highest BCUT2D eigenvalue weighted by atomic mass is 16.4. The molecule has 2 aromatic carbocycles. The molecule has 2 aliphatic rings. The Bertz CT molecular complexity index is 1430. The summed E-state index contributed by atoms with van der Waals surface area (Å²) >= 11 is 0. The summed E-state index contributed by atoms with van der Waals surface area (Å²) in [6.07, 6.45) is 2.42. The van der Waals surface area contributed by atoms with Crippen molar-refractivity contribution >= 4 is 28.5 Å². The summed E-state index contributed by atoms with van der Waals surface area (Å²) in [5.74, 6) is 0.111. The van der Waals surface area contributed by atoms with E-state index in [9.17, 15) is 19.5 Å². The van der Waals surface area contributed by atoms with Crippen molar-refractivity contribution in [1.29, 1.82) is 0 Å². The van der Waals surface area contributed by atoms with Gasteiger partial charge in [0.25, 0.3) is 5.56 Å². The van der Waals surface area contributed by atoms with E-state index in [0.717, 1.165) is 49.3 Å². The monoisotopic (exact) mass is 517 g/mol. The van der Waals surface area contributed by atoms with Crippen molar-refractivity contribution in [2.75, 3.05) is 31.5 Å². The van der Waals surface area contributed by atoms with Crippen LogP contribution < -0.4 is 16.2 Å². The number of aromatic nitrogens is 2. The second-order valence-electron chi connectivity index (χ2n) is 10.6. The van der Waals surface area contributed by atoms with Gasteiger partial charge in [-0.15, -0.1) is 0 Å². The Labute approximate surface area is 221 Å². The number of carboxylic acid groups (broad SMARTS) is 1. The Kier molecular flexibility index (Phi) is 7.21. The Hall–Kier alpha value is -3.72. The lowest BCUT2D eigenvalue weighted by molar-refractivity contribution is -0.136. The number of fused-ring (bicyclic) bond motifs is 1. The molecular weight excluding hydrogens is 482 g/mol. The maximum Gasteiger partial charge on any atom is 0.337 e. The van der Waals surface area contributed by atoms with Crippen LogP contribution in [0.5, 0.6) is 0 Å². The summed E-state index contributed by atoms with van der Waals surface area (Å²) in [5, 5.41) is 16.7. The zero-order chi connectivity index (χ0) is 27.0. The number of likely N-dealkylation sites (tertiary alicyclic amines) is 1. The number of hydrogen-bond acceptors (Lipinski definition) is 6. The van der Waals surface area contributed by atoms with Crippen LogP contribution in [-0.2, 0) is 11.8 Å². The van der Waals surface area contributed by atoms with E-state index in [4.69, 9.17) is 4.98 Å². The molecule has 1 aromatic heterocycles. The van der Waals surface area contributed by atoms with E-state index < -0.39 is 5.97 Å². The summed E-state index contributed by atoms with van der Waals surface area (Å²) in [5.41, 5.74) is 3.03. The molecule has 0 radical (unpaired) electrons. The van der Waals surface area contributed by atoms with Gasteiger partial charge in [-0.3, -0.25) is 14.2 Å². The summed E-state index contributed by atoms with van der Waals surface area (Å²) in [4.78, 5) is 45.2. The quantitative estimate of drug-likeness (QED) is 0.459. The lowest BCUT2D eigenvalue weighted by Gasteiger charge is -2.33. The van der Waals surface area contributed by atoms with Gasteiger partial charge in [-0.25, -0.2) is 9.78 Å². The minimum absolute atomic E-state index is 0.0701. The van der Waals surface area contributed by atoms with E-state index in [0.29, 0.717) is 29.7 Å². The number of rotatable bonds is 6. The molecule has 9 heteroatoms. The third kappa shape index (κ3) is 4.90. The average molecular weight is 518 g/mol. The number of nitrogens with one attached hydrogen (secondary N) is 2. The van der Waals surface area contributed by atoms with Crippen LogP contribution in [0.15, 0.2) is 41.2 Å². The van der Waals surface area contributed by atoms with Crippen molar-refractivity contribution in [3.8, 4) is 0 Å². The molecule has 200 valence electrons. The highest BCUT2D eigenvalue weighted by molar-refractivity contribution is 5.94. The molecular formula is C29H35N5O4. The first-order chi connectivity index (χ1) is 18.2. The number of carbonyl (C=O) groups excluding carboxylic acids is 1. The van der Waals surface area contributed by atoms with Crippen molar-refractivity contribution in [2.24, 2.45) is 13.0 Å². The number of para-hydroxylation sites is 1. The number of carbonyl (C=O) groups is 2.